The molecule has 1 nitrogen and oxygen atoms in total. The van der Waals surface area contributed by atoms with Crippen LogP contribution < -0.4 is 0 Å². The summed E-state index contributed by atoms with van der Waals surface area (Å²) >= 11 is 0. The molecular formula is C15H20O. The minimum absolute atomic E-state index is 0.121. The summed E-state index contributed by atoms with van der Waals surface area (Å²) in [6.07, 6.45) is 2.93. The summed E-state index contributed by atoms with van der Waals surface area (Å²) in [5.41, 5.74) is 1.00. The zero-order valence-electron chi connectivity index (χ0n) is 10.4. The molecule has 0 spiro atoms. The second-order valence-electron chi connectivity index (χ2n) is 5.94. The molecule has 86 valence electrons. The van der Waals surface area contributed by atoms with Gasteiger partial charge in [-0.25, -0.2) is 0 Å². The number of ketones is 1. The number of hydrogen-bond acceptors (Lipinski definition) is 1. The van der Waals surface area contributed by atoms with Crippen molar-refractivity contribution in [3.05, 3.63) is 35.9 Å². The fourth-order valence-corrected chi connectivity index (χ4v) is 2.85. The average molecular weight is 216 g/mol. The van der Waals surface area contributed by atoms with Crippen LogP contribution in [-0.2, 0) is 11.2 Å². The van der Waals surface area contributed by atoms with Crippen molar-refractivity contribution in [2.75, 3.05) is 0 Å². The van der Waals surface area contributed by atoms with E-state index in [9.17, 15) is 4.79 Å². The Morgan fingerprint density at radius 3 is 2.19 bits per heavy atom. The maximum absolute atomic E-state index is 12.4. The number of carbonyl (C=O) groups is 1. The number of hydrogen-bond donors (Lipinski definition) is 0. The van der Waals surface area contributed by atoms with Crippen LogP contribution in [0, 0.1) is 10.8 Å². The van der Waals surface area contributed by atoms with Crippen LogP contribution in [0.5, 0.6) is 0 Å². The molecule has 1 heteroatoms. The van der Waals surface area contributed by atoms with Crippen molar-refractivity contribution in [1.82, 2.24) is 0 Å². The molecule has 1 aromatic carbocycles. The van der Waals surface area contributed by atoms with Crippen molar-refractivity contribution in [1.29, 1.82) is 0 Å². The van der Waals surface area contributed by atoms with Gasteiger partial charge in [-0.3, -0.25) is 4.79 Å². The van der Waals surface area contributed by atoms with E-state index in [1.807, 2.05) is 18.2 Å². The van der Waals surface area contributed by atoms with Gasteiger partial charge in [-0.2, -0.15) is 0 Å². The van der Waals surface area contributed by atoms with Gasteiger partial charge in [-0.05, 0) is 24.8 Å². The molecule has 1 saturated carbocycles. The lowest BCUT2D eigenvalue weighted by atomic mass is 9.77. The first-order valence-corrected chi connectivity index (χ1v) is 6.03. The van der Waals surface area contributed by atoms with Crippen molar-refractivity contribution in [2.24, 2.45) is 10.8 Å². The molecule has 0 N–H and O–H groups in total. The molecule has 2 rings (SSSR count). The van der Waals surface area contributed by atoms with Gasteiger partial charge in [0.25, 0.3) is 0 Å². The summed E-state index contributed by atoms with van der Waals surface area (Å²) in [5.74, 6) is 0.434. The van der Waals surface area contributed by atoms with Crippen LogP contribution in [0.25, 0.3) is 0 Å². The van der Waals surface area contributed by atoms with Gasteiger partial charge in [0.15, 0.2) is 0 Å². The van der Waals surface area contributed by atoms with Gasteiger partial charge in [0, 0.05) is 10.8 Å². The highest BCUT2D eigenvalue weighted by atomic mass is 16.1. The Hall–Kier alpha value is -1.11. The van der Waals surface area contributed by atoms with Crippen LogP contribution in [0.4, 0.5) is 0 Å². The summed E-state index contributed by atoms with van der Waals surface area (Å²) in [4.78, 5) is 12.4. The quantitative estimate of drug-likeness (QED) is 0.738. The topological polar surface area (TPSA) is 17.1 Å². The lowest BCUT2D eigenvalue weighted by molar-refractivity contribution is -0.131. The van der Waals surface area contributed by atoms with Crippen molar-refractivity contribution < 1.29 is 4.79 Å². The Kier molecular flexibility index (Phi) is 2.65. The molecular weight excluding hydrogens is 196 g/mol. The van der Waals surface area contributed by atoms with E-state index >= 15 is 0 Å². The Bertz CT molecular complexity index is 391. The SMILES string of the molecule is CC1(C)CCC(C)(Cc2ccccc2)C1=O. The first kappa shape index (κ1) is 11.4. The third kappa shape index (κ3) is 1.91. The smallest absolute Gasteiger partial charge is 0.144 e. The Balaban J connectivity index is 2.20. The molecule has 0 saturated heterocycles. The van der Waals surface area contributed by atoms with Crippen LogP contribution in [0.15, 0.2) is 30.3 Å². The monoisotopic (exact) mass is 216 g/mol. The zero-order chi connectivity index (χ0) is 11.8. The van der Waals surface area contributed by atoms with Crippen LogP contribution >= 0.6 is 0 Å². The summed E-state index contributed by atoms with van der Waals surface area (Å²) in [5, 5.41) is 0. The molecule has 1 unspecified atom stereocenters. The molecule has 0 amide bonds. The van der Waals surface area contributed by atoms with E-state index in [0.717, 1.165) is 19.3 Å². The average Bonchev–Trinajstić information content (AvgIpc) is 2.45. The predicted molar refractivity (Wildman–Crippen MR) is 66.3 cm³/mol. The molecule has 16 heavy (non-hydrogen) atoms. The highest BCUT2D eigenvalue weighted by Crippen LogP contribution is 2.47. The van der Waals surface area contributed by atoms with E-state index in [1.165, 1.54) is 5.56 Å². The van der Waals surface area contributed by atoms with E-state index in [0.29, 0.717) is 5.78 Å². The molecule has 0 aliphatic heterocycles. The van der Waals surface area contributed by atoms with Gasteiger partial charge in [0.05, 0.1) is 0 Å². The van der Waals surface area contributed by atoms with E-state index in [2.05, 4.69) is 32.9 Å². The Morgan fingerprint density at radius 1 is 1.06 bits per heavy atom. The summed E-state index contributed by atoms with van der Waals surface area (Å²) in [6, 6.07) is 10.3. The number of benzene rings is 1. The van der Waals surface area contributed by atoms with E-state index in [4.69, 9.17) is 0 Å². The summed E-state index contributed by atoms with van der Waals surface area (Å²) in [7, 11) is 0. The second kappa shape index (κ2) is 3.73. The van der Waals surface area contributed by atoms with E-state index in [-0.39, 0.29) is 10.8 Å². The van der Waals surface area contributed by atoms with Gasteiger partial charge >= 0.3 is 0 Å². The highest BCUT2D eigenvalue weighted by molar-refractivity contribution is 5.91. The van der Waals surface area contributed by atoms with Crippen LogP contribution in [0.1, 0.15) is 39.2 Å². The minimum Gasteiger partial charge on any atom is -0.298 e. The predicted octanol–water partition coefficient (Wildman–Crippen LogP) is 3.62. The van der Waals surface area contributed by atoms with Gasteiger partial charge in [-0.15, -0.1) is 0 Å². The van der Waals surface area contributed by atoms with E-state index in [1.54, 1.807) is 0 Å². The van der Waals surface area contributed by atoms with Crippen molar-refractivity contribution in [3.63, 3.8) is 0 Å². The molecule has 1 aliphatic carbocycles. The lowest BCUT2D eigenvalue weighted by Gasteiger charge is -2.25. The van der Waals surface area contributed by atoms with Crippen LogP contribution in [-0.4, -0.2) is 5.78 Å². The van der Waals surface area contributed by atoms with Gasteiger partial charge in [0.2, 0.25) is 0 Å². The molecule has 1 atom stereocenters. The normalized spacial score (nSPS) is 28.3. The third-order valence-electron chi connectivity index (χ3n) is 3.90. The summed E-state index contributed by atoms with van der Waals surface area (Å²) in [6.45, 7) is 6.27. The second-order valence-corrected chi connectivity index (χ2v) is 5.94. The Labute approximate surface area is 97.9 Å². The number of carbonyl (C=O) groups excluding carboxylic acids is 1. The largest absolute Gasteiger partial charge is 0.298 e. The molecule has 0 bridgehead atoms. The van der Waals surface area contributed by atoms with Gasteiger partial charge in [-0.1, -0.05) is 51.1 Å². The maximum atomic E-state index is 12.4. The fraction of sp³-hybridized carbons (Fsp3) is 0.533. The lowest BCUT2D eigenvalue weighted by Crippen LogP contribution is -2.31. The number of rotatable bonds is 2. The zero-order valence-corrected chi connectivity index (χ0v) is 10.4. The molecule has 0 heterocycles. The van der Waals surface area contributed by atoms with Gasteiger partial charge in [0.1, 0.15) is 5.78 Å². The summed E-state index contributed by atoms with van der Waals surface area (Å²) < 4.78 is 0. The van der Waals surface area contributed by atoms with Crippen molar-refractivity contribution in [2.45, 2.75) is 40.0 Å². The van der Waals surface area contributed by atoms with Crippen LogP contribution in [0.3, 0.4) is 0 Å². The minimum atomic E-state index is -0.148. The Morgan fingerprint density at radius 2 is 1.69 bits per heavy atom. The number of Topliss-reactive ketones (excluding diaryl/α,β-unsaturated/α-hetero) is 1. The molecule has 0 aromatic heterocycles. The van der Waals surface area contributed by atoms with Crippen LogP contribution in [0.2, 0.25) is 0 Å². The van der Waals surface area contributed by atoms with Gasteiger partial charge < -0.3 is 0 Å². The first-order chi connectivity index (χ1) is 7.44. The standard InChI is InChI=1S/C15H20O/c1-14(2)9-10-15(3,13(14)16)11-12-7-5-4-6-8-12/h4-8H,9-11H2,1-3H3. The van der Waals surface area contributed by atoms with Crippen molar-refractivity contribution >= 4 is 5.78 Å². The fourth-order valence-electron chi connectivity index (χ4n) is 2.85. The van der Waals surface area contributed by atoms with E-state index < -0.39 is 0 Å². The molecule has 1 fully saturated rings. The third-order valence-corrected chi connectivity index (χ3v) is 3.90. The molecule has 1 aromatic rings. The first-order valence-electron chi connectivity index (χ1n) is 6.03. The highest BCUT2D eigenvalue weighted by Gasteiger charge is 2.48. The molecule has 0 radical (unpaired) electrons. The maximum Gasteiger partial charge on any atom is 0.144 e. The molecule has 1 aliphatic rings. The van der Waals surface area contributed by atoms with Crippen molar-refractivity contribution in [3.8, 4) is 0 Å².